The number of carbonyl (C=O) groups is 2. The van der Waals surface area contributed by atoms with Gasteiger partial charge in [-0.15, -0.1) is 0 Å². The van der Waals surface area contributed by atoms with Crippen molar-refractivity contribution < 1.29 is 24.4 Å². The Morgan fingerprint density at radius 1 is 1.50 bits per heavy atom. The average Bonchev–Trinajstić information content (AvgIpc) is 2.38. The predicted octanol–water partition coefficient (Wildman–Crippen LogP) is 1.50. The van der Waals surface area contributed by atoms with Gasteiger partial charge in [0.25, 0.3) is 0 Å². The number of esters is 1. The highest BCUT2D eigenvalue weighted by Crippen LogP contribution is 2.20. The molecule has 20 heavy (non-hydrogen) atoms. The second-order valence-corrected chi connectivity index (χ2v) is 4.13. The summed E-state index contributed by atoms with van der Waals surface area (Å²) in [5, 5.41) is 19.6. The van der Waals surface area contributed by atoms with E-state index < -0.39 is 34.7 Å². The first-order valence-corrected chi connectivity index (χ1v) is 5.90. The minimum absolute atomic E-state index is 0.0383. The van der Waals surface area contributed by atoms with Crippen molar-refractivity contribution in [3.05, 3.63) is 34.0 Å². The van der Waals surface area contributed by atoms with E-state index in [1.807, 2.05) is 0 Å². The lowest BCUT2D eigenvalue weighted by atomic mass is 10.0. The molecule has 0 fully saturated rings. The number of nitro groups is 1. The van der Waals surface area contributed by atoms with Crippen LogP contribution in [-0.2, 0) is 14.3 Å². The Morgan fingerprint density at radius 3 is 2.55 bits per heavy atom. The lowest BCUT2D eigenvalue weighted by Gasteiger charge is -2.15. The number of hydrogen-bond acceptors (Lipinski definition) is 6. The van der Waals surface area contributed by atoms with Crippen molar-refractivity contribution in [2.24, 2.45) is 0 Å². The SMILES string of the molecule is CCC(C)OC(=O)C(C(=O)O)c1ccc([N+](=O)[O-])nc1. The van der Waals surface area contributed by atoms with E-state index in [1.165, 1.54) is 6.07 Å². The summed E-state index contributed by atoms with van der Waals surface area (Å²) in [5.74, 6) is -4.28. The van der Waals surface area contributed by atoms with Gasteiger partial charge in [0.15, 0.2) is 5.92 Å². The molecular formula is C12H14N2O6. The van der Waals surface area contributed by atoms with Crippen molar-refractivity contribution in [3.63, 3.8) is 0 Å². The number of carboxylic acids is 1. The second-order valence-electron chi connectivity index (χ2n) is 4.13. The molecule has 2 unspecified atom stereocenters. The molecule has 1 rings (SSSR count). The fraction of sp³-hybridized carbons (Fsp3) is 0.417. The van der Waals surface area contributed by atoms with E-state index in [2.05, 4.69) is 4.98 Å². The molecule has 0 aliphatic rings. The molecule has 0 amide bonds. The Kier molecular flexibility index (Phi) is 5.13. The van der Waals surface area contributed by atoms with E-state index in [4.69, 9.17) is 9.84 Å². The van der Waals surface area contributed by atoms with Gasteiger partial charge in [0.05, 0.1) is 6.10 Å². The molecule has 0 radical (unpaired) electrons. The average molecular weight is 282 g/mol. The van der Waals surface area contributed by atoms with Crippen LogP contribution in [0, 0.1) is 10.1 Å². The fourth-order valence-electron chi connectivity index (χ4n) is 1.41. The molecule has 0 spiro atoms. The Labute approximate surface area is 114 Å². The van der Waals surface area contributed by atoms with Crippen LogP contribution >= 0.6 is 0 Å². The zero-order valence-corrected chi connectivity index (χ0v) is 11.0. The van der Waals surface area contributed by atoms with Gasteiger partial charge in [-0.3, -0.25) is 9.59 Å². The van der Waals surface area contributed by atoms with Crippen LogP contribution in [0.5, 0.6) is 0 Å². The maximum atomic E-state index is 11.8. The summed E-state index contributed by atoms with van der Waals surface area (Å²) in [7, 11) is 0. The van der Waals surface area contributed by atoms with Crippen molar-refractivity contribution in [1.82, 2.24) is 4.98 Å². The van der Waals surface area contributed by atoms with E-state index in [0.29, 0.717) is 6.42 Å². The van der Waals surface area contributed by atoms with Crippen LogP contribution in [0.2, 0.25) is 0 Å². The number of aromatic nitrogens is 1. The number of ether oxygens (including phenoxy) is 1. The zero-order valence-electron chi connectivity index (χ0n) is 11.0. The summed E-state index contributed by atoms with van der Waals surface area (Å²) in [6, 6.07) is 2.23. The fourth-order valence-corrected chi connectivity index (χ4v) is 1.41. The van der Waals surface area contributed by atoms with Gasteiger partial charge in [-0.05, 0) is 29.3 Å². The Hall–Kier alpha value is -2.51. The zero-order chi connectivity index (χ0) is 15.3. The Bertz CT molecular complexity index is 513. The van der Waals surface area contributed by atoms with Gasteiger partial charge in [-0.25, -0.2) is 0 Å². The van der Waals surface area contributed by atoms with Gasteiger partial charge in [0.1, 0.15) is 6.20 Å². The second kappa shape index (κ2) is 6.60. The van der Waals surface area contributed by atoms with E-state index in [-0.39, 0.29) is 5.56 Å². The van der Waals surface area contributed by atoms with Crippen molar-refractivity contribution in [1.29, 1.82) is 0 Å². The Balaban J connectivity index is 2.99. The summed E-state index contributed by atoms with van der Waals surface area (Å²) in [5.41, 5.74) is 0.0383. The van der Waals surface area contributed by atoms with Crippen LogP contribution in [-0.4, -0.2) is 33.1 Å². The lowest BCUT2D eigenvalue weighted by Crippen LogP contribution is -2.27. The summed E-state index contributed by atoms with van der Waals surface area (Å²) in [6.45, 7) is 3.44. The highest BCUT2D eigenvalue weighted by molar-refractivity contribution is 5.99. The van der Waals surface area contributed by atoms with E-state index in [1.54, 1.807) is 13.8 Å². The highest BCUT2D eigenvalue weighted by Gasteiger charge is 2.32. The molecule has 1 N–H and O–H groups in total. The molecule has 0 saturated heterocycles. The maximum Gasteiger partial charge on any atom is 0.363 e. The minimum atomic E-state index is -1.54. The molecule has 0 aliphatic heterocycles. The number of nitrogens with zero attached hydrogens (tertiary/aromatic N) is 2. The molecule has 2 atom stereocenters. The highest BCUT2D eigenvalue weighted by atomic mass is 16.6. The van der Waals surface area contributed by atoms with Gasteiger partial charge in [-0.1, -0.05) is 6.92 Å². The van der Waals surface area contributed by atoms with Crippen molar-refractivity contribution in [2.75, 3.05) is 0 Å². The molecule has 1 aromatic rings. The number of pyridine rings is 1. The minimum Gasteiger partial charge on any atom is -0.480 e. The first kappa shape index (κ1) is 15.5. The van der Waals surface area contributed by atoms with Crippen LogP contribution in [0.1, 0.15) is 31.7 Å². The molecule has 0 saturated carbocycles. The number of carbonyl (C=O) groups excluding carboxylic acids is 1. The normalized spacial score (nSPS) is 13.3. The maximum absolute atomic E-state index is 11.8. The summed E-state index contributed by atoms with van der Waals surface area (Å²) in [4.78, 5) is 36.2. The molecule has 108 valence electrons. The summed E-state index contributed by atoms with van der Waals surface area (Å²) < 4.78 is 4.97. The molecule has 0 bridgehead atoms. The summed E-state index contributed by atoms with van der Waals surface area (Å²) in [6.07, 6.45) is 1.14. The summed E-state index contributed by atoms with van der Waals surface area (Å²) >= 11 is 0. The van der Waals surface area contributed by atoms with Crippen LogP contribution in [0.4, 0.5) is 5.82 Å². The third kappa shape index (κ3) is 3.74. The smallest absolute Gasteiger partial charge is 0.363 e. The van der Waals surface area contributed by atoms with E-state index in [0.717, 1.165) is 12.3 Å². The number of rotatable bonds is 6. The standard InChI is InChI=1S/C12H14N2O6/c1-3-7(2)20-12(17)10(11(15)16)8-4-5-9(13-6-8)14(18)19/h4-7,10H,3H2,1-2H3,(H,15,16). The quantitative estimate of drug-likeness (QED) is 0.363. The molecule has 1 heterocycles. The molecule has 1 aromatic heterocycles. The van der Waals surface area contributed by atoms with Gasteiger partial charge >= 0.3 is 17.8 Å². The van der Waals surface area contributed by atoms with Crippen molar-refractivity contribution in [2.45, 2.75) is 32.3 Å². The molecule has 8 nitrogen and oxygen atoms in total. The van der Waals surface area contributed by atoms with Gasteiger partial charge in [0, 0.05) is 11.6 Å². The van der Waals surface area contributed by atoms with Crippen LogP contribution < -0.4 is 0 Å². The molecule has 0 aromatic carbocycles. The van der Waals surface area contributed by atoms with E-state index in [9.17, 15) is 19.7 Å². The predicted molar refractivity (Wildman–Crippen MR) is 67.1 cm³/mol. The van der Waals surface area contributed by atoms with Crippen LogP contribution in [0.25, 0.3) is 0 Å². The first-order valence-electron chi connectivity index (χ1n) is 5.90. The number of aliphatic carboxylic acids is 1. The van der Waals surface area contributed by atoms with Crippen LogP contribution in [0.3, 0.4) is 0 Å². The molecular weight excluding hydrogens is 268 g/mol. The van der Waals surface area contributed by atoms with Crippen molar-refractivity contribution in [3.8, 4) is 0 Å². The topological polar surface area (TPSA) is 120 Å². The Morgan fingerprint density at radius 2 is 2.15 bits per heavy atom. The first-order chi connectivity index (χ1) is 9.36. The number of hydrogen-bond donors (Lipinski definition) is 1. The molecule has 0 aliphatic carbocycles. The van der Waals surface area contributed by atoms with Gasteiger partial charge in [0.2, 0.25) is 0 Å². The lowest BCUT2D eigenvalue weighted by molar-refractivity contribution is -0.389. The van der Waals surface area contributed by atoms with Crippen molar-refractivity contribution >= 4 is 17.8 Å². The van der Waals surface area contributed by atoms with Crippen LogP contribution in [0.15, 0.2) is 18.3 Å². The van der Waals surface area contributed by atoms with E-state index >= 15 is 0 Å². The van der Waals surface area contributed by atoms with Gasteiger partial charge in [-0.2, -0.15) is 0 Å². The molecule has 8 heteroatoms. The third-order valence-corrected chi connectivity index (χ3v) is 2.67. The van der Waals surface area contributed by atoms with Gasteiger partial charge < -0.3 is 20.0 Å². The largest absolute Gasteiger partial charge is 0.480 e. The number of carboxylic acid groups (broad SMARTS) is 1. The third-order valence-electron chi connectivity index (χ3n) is 2.67. The monoisotopic (exact) mass is 282 g/mol.